The molecule has 1 aliphatic heterocycles. The monoisotopic (exact) mass is 286 g/mol. The lowest BCUT2D eigenvalue weighted by molar-refractivity contribution is 0.618. The van der Waals surface area contributed by atoms with Gasteiger partial charge in [-0.25, -0.2) is 9.11 Å². The van der Waals surface area contributed by atoms with Crippen LogP contribution in [0, 0.1) is 12.7 Å². The Labute approximate surface area is 122 Å². The largest absolute Gasteiger partial charge is 0.303 e. The van der Waals surface area contributed by atoms with Crippen molar-refractivity contribution in [2.45, 2.75) is 47.5 Å². The summed E-state index contributed by atoms with van der Waals surface area (Å²) < 4.78 is 18.5. The van der Waals surface area contributed by atoms with Crippen LogP contribution in [0.1, 0.15) is 46.1 Å². The van der Waals surface area contributed by atoms with Crippen molar-refractivity contribution in [3.8, 4) is 0 Å². The number of halogens is 1. The molecule has 0 saturated carbocycles. The maximum atomic E-state index is 13.3. The molecule has 0 aliphatic carbocycles. The second-order valence-corrected chi connectivity index (χ2v) is 4.99. The number of aryl methyl sites for hydroxylation is 1. The van der Waals surface area contributed by atoms with E-state index in [2.05, 4.69) is 22.9 Å². The van der Waals surface area contributed by atoms with Crippen molar-refractivity contribution >= 4 is 17.8 Å². The minimum Gasteiger partial charge on any atom is -0.303 e. The third-order valence-electron chi connectivity index (χ3n) is 2.26. The molecule has 0 unspecified atom stereocenters. The Kier molecular flexibility index (Phi) is 10.7. The molecule has 1 aromatic carbocycles. The van der Waals surface area contributed by atoms with Crippen molar-refractivity contribution in [2.24, 2.45) is 0 Å². The van der Waals surface area contributed by atoms with Crippen LogP contribution in [0.4, 0.5) is 10.1 Å². The van der Waals surface area contributed by atoms with Crippen LogP contribution in [-0.4, -0.2) is 13.1 Å². The molecule has 4 heteroatoms. The molecule has 0 spiro atoms. The van der Waals surface area contributed by atoms with Crippen LogP contribution in [0.15, 0.2) is 18.2 Å². The van der Waals surface area contributed by atoms with Crippen LogP contribution in [0.5, 0.6) is 0 Å². The zero-order chi connectivity index (χ0) is 14.7. The number of hydrogen-bond donors (Lipinski definition) is 1. The Hall–Kier alpha value is -0.740. The maximum absolute atomic E-state index is 13.3. The zero-order valence-electron chi connectivity index (χ0n) is 12.8. The van der Waals surface area contributed by atoms with E-state index in [1.165, 1.54) is 6.42 Å². The molecule has 1 aliphatic rings. The van der Waals surface area contributed by atoms with Crippen LogP contribution >= 0.6 is 12.1 Å². The summed E-state index contributed by atoms with van der Waals surface area (Å²) in [5.74, 6) is -0.131. The lowest BCUT2D eigenvalue weighted by Gasteiger charge is -2.27. The van der Waals surface area contributed by atoms with Gasteiger partial charge in [-0.05, 0) is 31.0 Å². The van der Waals surface area contributed by atoms with Crippen LogP contribution in [-0.2, 0) is 0 Å². The fourth-order valence-corrected chi connectivity index (χ4v) is 2.21. The molecule has 2 nitrogen and oxygen atoms in total. The standard InChI is InChI=1S/C10H13FN2S.C3H8.C2H6/c1-8-3-4-9(7-10(8)11)13-6-2-5-12-14-13;1-3-2;1-2/h3-4,7,12H,2,5-6H2,1H3;3H2,1-2H3;1-2H3. The molecule has 1 heterocycles. The molecule has 0 aromatic heterocycles. The summed E-state index contributed by atoms with van der Waals surface area (Å²) >= 11 is 1.55. The van der Waals surface area contributed by atoms with Gasteiger partial charge in [0.2, 0.25) is 0 Å². The average Bonchev–Trinajstić information content (AvgIpc) is 2.46. The number of rotatable bonds is 1. The van der Waals surface area contributed by atoms with Gasteiger partial charge in [-0.15, -0.1) is 0 Å². The minimum atomic E-state index is -0.131. The number of benzene rings is 1. The minimum absolute atomic E-state index is 0.131. The highest BCUT2D eigenvalue weighted by Crippen LogP contribution is 2.24. The van der Waals surface area contributed by atoms with E-state index in [0.717, 1.165) is 25.2 Å². The highest BCUT2D eigenvalue weighted by atomic mass is 32.2. The van der Waals surface area contributed by atoms with E-state index in [1.807, 2.05) is 26.0 Å². The molecule has 1 aromatic rings. The van der Waals surface area contributed by atoms with Gasteiger partial charge in [0.05, 0.1) is 5.69 Å². The number of nitrogens with zero attached hydrogens (tertiary/aromatic N) is 1. The number of nitrogens with one attached hydrogen (secondary N) is 1. The van der Waals surface area contributed by atoms with E-state index in [0.29, 0.717) is 5.56 Å². The Morgan fingerprint density at radius 3 is 2.42 bits per heavy atom. The molecule has 110 valence electrons. The molecule has 1 saturated heterocycles. The van der Waals surface area contributed by atoms with Gasteiger partial charge in [-0.1, -0.05) is 40.2 Å². The van der Waals surface area contributed by atoms with Gasteiger partial charge in [0.25, 0.3) is 0 Å². The normalized spacial score (nSPS) is 13.9. The van der Waals surface area contributed by atoms with E-state index in [-0.39, 0.29) is 5.82 Å². The Morgan fingerprint density at radius 1 is 1.32 bits per heavy atom. The van der Waals surface area contributed by atoms with Crippen LogP contribution in [0.25, 0.3) is 0 Å². The first-order valence-corrected chi connectivity index (χ1v) is 7.89. The molecule has 1 fully saturated rings. The average molecular weight is 286 g/mol. The van der Waals surface area contributed by atoms with E-state index < -0.39 is 0 Å². The smallest absolute Gasteiger partial charge is 0.128 e. The highest BCUT2D eigenvalue weighted by Gasteiger charge is 2.12. The molecular formula is C15H27FN2S. The van der Waals surface area contributed by atoms with Crippen LogP contribution < -0.4 is 9.03 Å². The highest BCUT2D eigenvalue weighted by molar-refractivity contribution is 7.98. The van der Waals surface area contributed by atoms with Crippen molar-refractivity contribution < 1.29 is 4.39 Å². The third kappa shape index (κ3) is 6.83. The second kappa shape index (κ2) is 11.1. The van der Waals surface area contributed by atoms with Crippen molar-refractivity contribution in [3.05, 3.63) is 29.6 Å². The van der Waals surface area contributed by atoms with Crippen LogP contribution in [0.3, 0.4) is 0 Å². The van der Waals surface area contributed by atoms with Gasteiger partial charge >= 0.3 is 0 Å². The van der Waals surface area contributed by atoms with Crippen molar-refractivity contribution in [3.63, 3.8) is 0 Å². The first kappa shape index (κ1) is 18.3. The van der Waals surface area contributed by atoms with Crippen molar-refractivity contribution in [1.82, 2.24) is 4.72 Å². The van der Waals surface area contributed by atoms with E-state index in [4.69, 9.17) is 0 Å². The SMILES string of the molecule is CC.CCC.Cc1ccc(N2CCCNS2)cc1F. The molecule has 0 radical (unpaired) electrons. The van der Waals surface area contributed by atoms with E-state index in [9.17, 15) is 4.39 Å². The molecule has 0 bridgehead atoms. The van der Waals surface area contributed by atoms with Crippen molar-refractivity contribution in [1.29, 1.82) is 0 Å². The summed E-state index contributed by atoms with van der Waals surface area (Å²) in [6.07, 6.45) is 2.35. The summed E-state index contributed by atoms with van der Waals surface area (Å²) in [7, 11) is 0. The molecule has 2 rings (SSSR count). The van der Waals surface area contributed by atoms with Gasteiger partial charge in [-0.2, -0.15) is 0 Å². The summed E-state index contributed by atoms with van der Waals surface area (Å²) in [6.45, 7) is 12.0. The maximum Gasteiger partial charge on any atom is 0.128 e. The van der Waals surface area contributed by atoms with Gasteiger partial charge in [0, 0.05) is 25.2 Å². The lowest BCUT2D eigenvalue weighted by atomic mass is 10.2. The first-order valence-electron chi connectivity index (χ1n) is 7.12. The predicted molar refractivity (Wildman–Crippen MR) is 86.0 cm³/mol. The topological polar surface area (TPSA) is 15.3 Å². The molecule has 0 amide bonds. The van der Waals surface area contributed by atoms with Crippen molar-refractivity contribution in [2.75, 3.05) is 17.4 Å². The Morgan fingerprint density at radius 2 is 1.95 bits per heavy atom. The summed E-state index contributed by atoms with van der Waals surface area (Å²) in [6, 6.07) is 5.37. The molecular weight excluding hydrogens is 259 g/mol. The zero-order valence-corrected chi connectivity index (χ0v) is 13.6. The summed E-state index contributed by atoms with van der Waals surface area (Å²) in [5, 5.41) is 0. The second-order valence-electron chi connectivity index (χ2n) is 4.08. The first-order chi connectivity index (χ1) is 9.19. The van der Waals surface area contributed by atoms with Gasteiger partial charge in [0.15, 0.2) is 0 Å². The summed E-state index contributed by atoms with van der Waals surface area (Å²) in [4.78, 5) is 0. The Balaban J connectivity index is 0.000000573. The van der Waals surface area contributed by atoms with Crippen LogP contribution in [0.2, 0.25) is 0 Å². The molecule has 1 N–H and O–H groups in total. The number of anilines is 1. The lowest BCUT2D eigenvalue weighted by Crippen LogP contribution is -2.29. The molecule has 0 atom stereocenters. The predicted octanol–water partition coefficient (Wildman–Crippen LogP) is 4.94. The molecule has 19 heavy (non-hydrogen) atoms. The quantitative estimate of drug-likeness (QED) is 0.736. The van der Waals surface area contributed by atoms with Gasteiger partial charge in [-0.3, -0.25) is 0 Å². The van der Waals surface area contributed by atoms with Gasteiger partial charge in [0.1, 0.15) is 5.82 Å². The Bertz CT molecular complexity index is 339. The van der Waals surface area contributed by atoms with Gasteiger partial charge < -0.3 is 4.31 Å². The fraction of sp³-hybridized carbons (Fsp3) is 0.600. The van der Waals surface area contributed by atoms with E-state index in [1.54, 1.807) is 25.1 Å². The number of hydrogen-bond acceptors (Lipinski definition) is 3. The summed E-state index contributed by atoms with van der Waals surface area (Å²) in [5.41, 5.74) is 1.63. The fourth-order valence-electron chi connectivity index (χ4n) is 1.38. The van der Waals surface area contributed by atoms with E-state index >= 15 is 0 Å². The third-order valence-corrected chi connectivity index (χ3v) is 3.21.